The van der Waals surface area contributed by atoms with Crippen LogP contribution in [0.3, 0.4) is 0 Å². The Hall–Kier alpha value is -1.22. The van der Waals surface area contributed by atoms with Crippen LogP contribution in [-0.4, -0.2) is 18.1 Å². The van der Waals surface area contributed by atoms with E-state index in [1.165, 1.54) is 0 Å². The van der Waals surface area contributed by atoms with Crippen LogP contribution in [0.4, 0.5) is 0 Å². The Kier molecular flexibility index (Phi) is 5.02. The summed E-state index contributed by atoms with van der Waals surface area (Å²) in [6.45, 7) is 2.08. The zero-order chi connectivity index (χ0) is 9.73. The first kappa shape index (κ1) is 12.8. The number of hydrogen-bond donors (Lipinski definition) is 0. The normalized spacial score (nSPS) is 17.8. The van der Waals surface area contributed by atoms with Gasteiger partial charge >= 0.3 is 5.97 Å². The average Bonchev–Trinajstić information content (AvgIpc) is 2.55. The minimum Gasteiger partial charge on any atom is -0.465 e. The molecule has 0 radical (unpaired) electrons. The van der Waals surface area contributed by atoms with Gasteiger partial charge in [-0.15, -0.1) is 0 Å². The molecule has 0 saturated heterocycles. The molecule has 1 rings (SSSR count). The van der Waals surface area contributed by atoms with E-state index in [1.54, 1.807) is 6.92 Å². The minimum atomic E-state index is -0.898. The van der Waals surface area contributed by atoms with E-state index in [0.717, 1.165) is 12.8 Å². The number of rotatable bonds is 3. The summed E-state index contributed by atoms with van der Waals surface area (Å²) < 4.78 is 4.88. The third kappa shape index (κ3) is 2.39. The van der Waals surface area contributed by atoms with Gasteiger partial charge in [0.2, 0.25) is 0 Å². The van der Waals surface area contributed by atoms with Gasteiger partial charge in [0, 0.05) is 4.91 Å². The fraction of sp³-hybridized carbons (Fsp3) is 0.889. The Morgan fingerprint density at radius 2 is 2.14 bits per heavy atom. The Bertz CT molecular complexity index is 240. The highest BCUT2D eigenvalue weighted by molar-refractivity contribution is 5.81. The lowest BCUT2D eigenvalue weighted by atomic mass is 10.00. The highest BCUT2D eigenvalue weighted by atomic mass is 16.5. The van der Waals surface area contributed by atoms with Crippen LogP contribution in [0.2, 0.25) is 0 Å². The number of carbonyl (C=O) groups is 1. The molecule has 1 aliphatic carbocycles. The molecule has 80 valence electrons. The van der Waals surface area contributed by atoms with Crippen LogP contribution in [0.1, 0.15) is 40.0 Å². The summed E-state index contributed by atoms with van der Waals surface area (Å²) in [4.78, 5) is 14.2. The summed E-state index contributed by atoms with van der Waals surface area (Å²) in [5.41, 5.74) is 7.46. The SMILES string of the molecule is C.CCOC(=O)C1(N=[N+]=[N-])CCCC1. The van der Waals surface area contributed by atoms with Gasteiger partial charge in [-0.2, -0.15) is 0 Å². The second-order valence-electron chi connectivity index (χ2n) is 3.15. The highest BCUT2D eigenvalue weighted by Crippen LogP contribution is 2.34. The van der Waals surface area contributed by atoms with Gasteiger partial charge in [-0.3, -0.25) is 4.79 Å². The standard InChI is InChI=1S/C8H13N3O2.CH4/c1-2-13-7(12)8(10-11-9)5-3-4-6-8;/h2-6H2,1H3;1H4. The number of azide groups is 1. The molecule has 0 aliphatic heterocycles. The predicted octanol–water partition coefficient (Wildman–Crippen LogP) is 2.81. The average molecular weight is 199 g/mol. The van der Waals surface area contributed by atoms with Crippen LogP contribution in [0.25, 0.3) is 10.4 Å². The molecule has 1 fully saturated rings. The van der Waals surface area contributed by atoms with Crippen molar-refractivity contribution in [3.05, 3.63) is 10.4 Å². The molecule has 14 heavy (non-hydrogen) atoms. The lowest BCUT2D eigenvalue weighted by Gasteiger charge is -2.19. The Balaban J connectivity index is 0.00000169. The van der Waals surface area contributed by atoms with E-state index in [-0.39, 0.29) is 13.4 Å². The summed E-state index contributed by atoms with van der Waals surface area (Å²) >= 11 is 0. The first-order valence-electron chi connectivity index (χ1n) is 4.48. The monoisotopic (exact) mass is 199 g/mol. The summed E-state index contributed by atoms with van der Waals surface area (Å²) in [5.74, 6) is -0.370. The maximum atomic E-state index is 11.5. The van der Waals surface area contributed by atoms with E-state index in [2.05, 4.69) is 10.0 Å². The first-order valence-corrected chi connectivity index (χ1v) is 4.48. The number of esters is 1. The molecule has 0 aromatic carbocycles. The molecule has 0 aromatic heterocycles. The maximum absolute atomic E-state index is 11.5. The van der Waals surface area contributed by atoms with Crippen LogP contribution < -0.4 is 0 Å². The zero-order valence-electron chi connectivity index (χ0n) is 7.69. The van der Waals surface area contributed by atoms with Gasteiger partial charge < -0.3 is 4.74 Å². The molecule has 5 nitrogen and oxygen atoms in total. The summed E-state index contributed by atoms with van der Waals surface area (Å²) in [5, 5.41) is 3.58. The van der Waals surface area contributed by atoms with Crippen molar-refractivity contribution in [2.24, 2.45) is 5.11 Å². The van der Waals surface area contributed by atoms with Crippen molar-refractivity contribution in [2.45, 2.75) is 45.6 Å². The van der Waals surface area contributed by atoms with E-state index in [1.807, 2.05) is 0 Å². The molecule has 0 aromatic rings. The third-order valence-corrected chi connectivity index (χ3v) is 2.32. The summed E-state index contributed by atoms with van der Waals surface area (Å²) in [7, 11) is 0. The largest absolute Gasteiger partial charge is 0.465 e. The van der Waals surface area contributed by atoms with Crippen LogP contribution in [0, 0.1) is 0 Å². The van der Waals surface area contributed by atoms with Crippen molar-refractivity contribution >= 4 is 5.97 Å². The van der Waals surface area contributed by atoms with Crippen LogP contribution in [0.5, 0.6) is 0 Å². The van der Waals surface area contributed by atoms with E-state index in [4.69, 9.17) is 10.3 Å². The zero-order valence-corrected chi connectivity index (χ0v) is 7.69. The number of ether oxygens (including phenoxy) is 1. The predicted molar refractivity (Wildman–Crippen MR) is 53.7 cm³/mol. The maximum Gasteiger partial charge on any atom is 0.318 e. The highest BCUT2D eigenvalue weighted by Gasteiger charge is 2.41. The van der Waals surface area contributed by atoms with Gasteiger partial charge in [-0.25, -0.2) is 0 Å². The van der Waals surface area contributed by atoms with Crippen molar-refractivity contribution in [1.82, 2.24) is 0 Å². The Morgan fingerprint density at radius 1 is 1.57 bits per heavy atom. The molecule has 1 aliphatic rings. The van der Waals surface area contributed by atoms with Crippen molar-refractivity contribution in [3.8, 4) is 0 Å². The van der Waals surface area contributed by atoms with Gasteiger partial charge in [0.1, 0.15) is 5.54 Å². The molecular formula is C9H17N3O2. The summed E-state index contributed by atoms with van der Waals surface area (Å²) in [6, 6.07) is 0. The van der Waals surface area contributed by atoms with Crippen LogP contribution in [-0.2, 0) is 9.53 Å². The van der Waals surface area contributed by atoms with Gasteiger partial charge in [0.15, 0.2) is 0 Å². The van der Waals surface area contributed by atoms with Crippen LogP contribution in [0.15, 0.2) is 5.11 Å². The quantitative estimate of drug-likeness (QED) is 0.303. The lowest BCUT2D eigenvalue weighted by molar-refractivity contribution is -0.149. The second-order valence-corrected chi connectivity index (χ2v) is 3.15. The Labute approximate surface area is 84.1 Å². The number of hydrogen-bond acceptors (Lipinski definition) is 3. The molecule has 0 amide bonds. The fourth-order valence-corrected chi connectivity index (χ4v) is 1.66. The van der Waals surface area contributed by atoms with Crippen LogP contribution >= 0.6 is 0 Å². The molecule has 5 heteroatoms. The van der Waals surface area contributed by atoms with Gasteiger partial charge in [0.05, 0.1) is 6.61 Å². The molecule has 0 spiro atoms. The van der Waals surface area contributed by atoms with E-state index in [0.29, 0.717) is 19.4 Å². The Morgan fingerprint density at radius 3 is 2.57 bits per heavy atom. The van der Waals surface area contributed by atoms with E-state index >= 15 is 0 Å². The molecule has 0 bridgehead atoms. The third-order valence-electron chi connectivity index (χ3n) is 2.32. The molecule has 0 atom stereocenters. The molecule has 1 saturated carbocycles. The van der Waals surface area contributed by atoms with Gasteiger partial charge in [0.25, 0.3) is 0 Å². The van der Waals surface area contributed by atoms with Crippen molar-refractivity contribution < 1.29 is 9.53 Å². The number of nitrogens with zero attached hydrogens (tertiary/aromatic N) is 3. The van der Waals surface area contributed by atoms with Crippen molar-refractivity contribution in [1.29, 1.82) is 0 Å². The smallest absolute Gasteiger partial charge is 0.318 e. The van der Waals surface area contributed by atoms with E-state index < -0.39 is 5.54 Å². The lowest BCUT2D eigenvalue weighted by Crippen LogP contribution is -2.34. The summed E-state index contributed by atoms with van der Waals surface area (Å²) in [6.07, 6.45) is 3.10. The van der Waals surface area contributed by atoms with Gasteiger partial charge in [-0.1, -0.05) is 25.4 Å². The van der Waals surface area contributed by atoms with Crippen molar-refractivity contribution in [2.75, 3.05) is 6.61 Å². The van der Waals surface area contributed by atoms with E-state index in [9.17, 15) is 4.79 Å². The molecule has 0 unspecified atom stereocenters. The fourth-order valence-electron chi connectivity index (χ4n) is 1.66. The first-order chi connectivity index (χ1) is 6.25. The van der Waals surface area contributed by atoms with Gasteiger partial charge in [-0.05, 0) is 25.3 Å². The van der Waals surface area contributed by atoms with Crippen molar-refractivity contribution in [3.63, 3.8) is 0 Å². The molecular weight excluding hydrogens is 182 g/mol. The number of carbonyl (C=O) groups excluding carboxylic acids is 1. The molecule has 0 heterocycles. The molecule has 0 N–H and O–H groups in total. The minimum absolute atomic E-state index is 0. The second kappa shape index (κ2) is 5.50. The topological polar surface area (TPSA) is 75.1 Å².